The highest BCUT2D eigenvalue weighted by atomic mass is 19.1. The minimum Gasteiger partial charge on any atom is -0.502 e. The zero-order valence-electron chi connectivity index (χ0n) is 20.9. The zero-order chi connectivity index (χ0) is 26.2. The van der Waals surface area contributed by atoms with Crippen molar-refractivity contribution in [3.05, 3.63) is 134 Å². The van der Waals surface area contributed by atoms with E-state index in [9.17, 15) is 14.7 Å². The fraction of sp³-hybridized carbons (Fsp3) is 0.226. The maximum absolute atomic E-state index is 15.6. The number of halogens is 1. The summed E-state index contributed by atoms with van der Waals surface area (Å²) < 4.78 is 17.2. The van der Waals surface area contributed by atoms with Gasteiger partial charge < -0.3 is 10.0 Å². The van der Waals surface area contributed by atoms with Crippen LogP contribution in [0, 0.1) is 18.7 Å². The zero-order valence-corrected chi connectivity index (χ0v) is 20.9. The quantitative estimate of drug-likeness (QED) is 0.451. The summed E-state index contributed by atoms with van der Waals surface area (Å²) in [6.07, 6.45) is 2.88. The highest BCUT2D eigenvalue weighted by Crippen LogP contribution is 2.57. The number of carbonyl (C=O) groups excluding carboxylic acids is 1. The van der Waals surface area contributed by atoms with Crippen LogP contribution in [0.5, 0.6) is 5.75 Å². The molecule has 4 aromatic rings. The van der Waals surface area contributed by atoms with E-state index in [0.29, 0.717) is 24.1 Å². The highest BCUT2D eigenvalue weighted by molar-refractivity contribution is 5.96. The number of rotatable bonds is 3. The maximum atomic E-state index is 15.6. The molecule has 190 valence electrons. The number of nitrogens with zero attached hydrogens (tertiary/aromatic N) is 3. The van der Waals surface area contributed by atoms with Crippen LogP contribution in [0.15, 0.2) is 83.8 Å². The van der Waals surface area contributed by atoms with Gasteiger partial charge in [0.2, 0.25) is 5.43 Å². The van der Waals surface area contributed by atoms with Gasteiger partial charge in [-0.25, -0.2) is 4.39 Å². The Morgan fingerprint density at radius 3 is 2.53 bits per heavy atom. The molecule has 0 bridgehead atoms. The molecule has 1 N–H and O–H groups in total. The second-order valence-corrected chi connectivity index (χ2v) is 10.5. The number of pyridine rings is 1. The molecule has 0 saturated heterocycles. The second-order valence-electron chi connectivity index (χ2n) is 10.5. The van der Waals surface area contributed by atoms with E-state index in [1.165, 1.54) is 11.6 Å². The molecule has 2 aliphatic carbocycles. The number of hydrogen-bond acceptors (Lipinski definition) is 4. The van der Waals surface area contributed by atoms with E-state index in [1.807, 2.05) is 54.6 Å². The summed E-state index contributed by atoms with van der Waals surface area (Å²) in [4.78, 5) is 27.9. The van der Waals surface area contributed by atoms with Gasteiger partial charge in [-0.2, -0.15) is 0 Å². The fourth-order valence-corrected chi connectivity index (χ4v) is 6.89. The van der Waals surface area contributed by atoms with E-state index in [0.717, 1.165) is 23.1 Å². The first kappa shape index (κ1) is 22.8. The molecule has 2 unspecified atom stereocenters. The maximum Gasteiger partial charge on any atom is 0.278 e. The summed E-state index contributed by atoms with van der Waals surface area (Å²) in [5, 5.41) is 13.0. The van der Waals surface area contributed by atoms with Gasteiger partial charge in [0.05, 0.1) is 0 Å². The van der Waals surface area contributed by atoms with Crippen LogP contribution in [0.25, 0.3) is 0 Å². The molecule has 0 saturated carbocycles. The van der Waals surface area contributed by atoms with Gasteiger partial charge in [0.1, 0.15) is 18.0 Å². The van der Waals surface area contributed by atoms with Gasteiger partial charge in [-0.15, -0.1) is 0 Å². The third-order valence-corrected chi connectivity index (χ3v) is 8.51. The Hall–Kier alpha value is -4.39. The third kappa shape index (κ3) is 2.93. The average molecular weight is 508 g/mol. The topological polar surface area (TPSA) is 65.8 Å². The molecular formula is C31H26FN3O3. The molecule has 0 radical (unpaired) electrons. The van der Waals surface area contributed by atoms with E-state index in [-0.39, 0.29) is 24.1 Å². The second kappa shape index (κ2) is 8.05. The third-order valence-electron chi connectivity index (χ3n) is 8.51. The molecule has 1 aromatic heterocycles. The number of amides is 1. The lowest BCUT2D eigenvalue weighted by Crippen LogP contribution is -2.63. The average Bonchev–Trinajstić information content (AvgIpc) is 3.42. The normalized spacial score (nSPS) is 21.2. The molecule has 3 aromatic carbocycles. The van der Waals surface area contributed by atoms with Gasteiger partial charge in [-0.05, 0) is 53.1 Å². The lowest BCUT2D eigenvalue weighted by Gasteiger charge is -2.50. The number of carbonyl (C=O) groups is 1. The standard InChI is InChI=1S/C31H26FN3O3/c1-19-11-12-25-23(27(19)32)16-22-15-21-9-5-6-10-24(21)31(22,25)35-18-33(17-20-7-3-2-4-8-20)30(38)28-29(37)26(36)13-14-34(28)35/h2-14,22,37H,15-18H2,1H3. The van der Waals surface area contributed by atoms with Gasteiger partial charge in [-0.1, -0.05) is 66.7 Å². The first-order valence-corrected chi connectivity index (χ1v) is 12.8. The predicted octanol–water partition coefficient (Wildman–Crippen LogP) is 4.23. The largest absolute Gasteiger partial charge is 0.502 e. The van der Waals surface area contributed by atoms with Crippen molar-refractivity contribution in [1.29, 1.82) is 0 Å². The molecule has 6 nitrogen and oxygen atoms in total. The SMILES string of the molecule is Cc1ccc2c(c1F)CC1Cc3ccccc3C21N1CN(Cc2ccccc2)C(=O)c2c(O)c(=O)ccn21. The van der Waals surface area contributed by atoms with E-state index in [4.69, 9.17) is 0 Å². The number of benzene rings is 3. The number of aromatic nitrogens is 1. The van der Waals surface area contributed by atoms with Gasteiger partial charge in [0.15, 0.2) is 11.4 Å². The molecule has 0 spiro atoms. The molecule has 2 atom stereocenters. The van der Waals surface area contributed by atoms with Crippen LogP contribution < -0.4 is 10.4 Å². The fourth-order valence-electron chi connectivity index (χ4n) is 6.89. The Kier molecular flexibility index (Phi) is 4.83. The molecule has 7 rings (SSSR count). The molecule has 38 heavy (non-hydrogen) atoms. The van der Waals surface area contributed by atoms with E-state index < -0.39 is 22.6 Å². The molecule has 7 heteroatoms. The Bertz CT molecular complexity index is 1680. The summed E-state index contributed by atoms with van der Waals surface area (Å²) in [5.41, 5.74) is 3.88. The van der Waals surface area contributed by atoms with Crippen molar-refractivity contribution in [2.24, 2.45) is 5.92 Å². The van der Waals surface area contributed by atoms with Crippen LogP contribution in [0.2, 0.25) is 0 Å². The Labute approximate surface area is 219 Å². The molecule has 1 aliphatic heterocycles. The van der Waals surface area contributed by atoms with Gasteiger partial charge >= 0.3 is 0 Å². The number of aromatic hydroxyl groups is 1. The first-order valence-electron chi connectivity index (χ1n) is 12.8. The van der Waals surface area contributed by atoms with E-state index in [2.05, 4.69) is 17.1 Å². The number of aryl methyl sites for hydroxylation is 1. The van der Waals surface area contributed by atoms with Crippen LogP contribution in [-0.2, 0) is 24.9 Å². The Morgan fingerprint density at radius 2 is 1.71 bits per heavy atom. The molecular weight excluding hydrogens is 481 g/mol. The summed E-state index contributed by atoms with van der Waals surface area (Å²) in [7, 11) is 0. The summed E-state index contributed by atoms with van der Waals surface area (Å²) in [6.45, 7) is 2.28. The van der Waals surface area contributed by atoms with E-state index >= 15 is 4.39 Å². The van der Waals surface area contributed by atoms with Crippen molar-refractivity contribution in [2.75, 3.05) is 11.7 Å². The van der Waals surface area contributed by atoms with Crippen LogP contribution in [0.1, 0.15) is 43.9 Å². The van der Waals surface area contributed by atoms with Crippen LogP contribution in [0.4, 0.5) is 4.39 Å². The van der Waals surface area contributed by atoms with Crippen molar-refractivity contribution in [3.63, 3.8) is 0 Å². The van der Waals surface area contributed by atoms with Crippen molar-refractivity contribution >= 4 is 5.91 Å². The lowest BCUT2D eigenvalue weighted by molar-refractivity contribution is 0.0631. The van der Waals surface area contributed by atoms with Crippen molar-refractivity contribution in [2.45, 2.75) is 31.8 Å². The monoisotopic (exact) mass is 507 g/mol. The van der Waals surface area contributed by atoms with Crippen LogP contribution >= 0.6 is 0 Å². The minimum atomic E-state index is -0.785. The Balaban J connectivity index is 1.50. The first-order chi connectivity index (χ1) is 18.4. The number of fused-ring (bicyclic) bond motifs is 6. The molecule has 3 aliphatic rings. The van der Waals surface area contributed by atoms with Crippen LogP contribution in [0.3, 0.4) is 0 Å². The molecule has 0 fully saturated rings. The van der Waals surface area contributed by atoms with Gasteiger partial charge in [0, 0.05) is 24.7 Å². The summed E-state index contributed by atoms with van der Waals surface area (Å²) >= 11 is 0. The van der Waals surface area contributed by atoms with Crippen molar-refractivity contribution in [1.82, 2.24) is 9.58 Å². The molecule has 2 heterocycles. The minimum absolute atomic E-state index is 0.00685. The van der Waals surface area contributed by atoms with Crippen molar-refractivity contribution in [3.8, 4) is 5.75 Å². The van der Waals surface area contributed by atoms with Crippen LogP contribution in [-0.4, -0.2) is 27.3 Å². The number of hydrogen-bond donors (Lipinski definition) is 1. The highest BCUT2D eigenvalue weighted by Gasteiger charge is 2.59. The van der Waals surface area contributed by atoms with E-state index in [1.54, 1.807) is 22.7 Å². The van der Waals surface area contributed by atoms with Crippen molar-refractivity contribution < 1.29 is 14.3 Å². The summed E-state index contributed by atoms with van der Waals surface area (Å²) in [6, 6.07) is 22.9. The smallest absolute Gasteiger partial charge is 0.278 e. The lowest BCUT2D eigenvalue weighted by atomic mass is 9.81. The Morgan fingerprint density at radius 1 is 0.947 bits per heavy atom. The van der Waals surface area contributed by atoms with Gasteiger partial charge in [-0.3, -0.25) is 19.3 Å². The summed E-state index contributed by atoms with van der Waals surface area (Å²) in [5.74, 6) is -1.18. The predicted molar refractivity (Wildman–Crippen MR) is 141 cm³/mol. The van der Waals surface area contributed by atoms with Gasteiger partial charge in [0.25, 0.3) is 5.91 Å². The molecule has 1 amide bonds.